The summed E-state index contributed by atoms with van der Waals surface area (Å²) >= 11 is 0. The van der Waals surface area contributed by atoms with Gasteiger partial charge in [-0.3, -0.25) is 14.5 Å². The van der Waals surface area contributed by atoms with Gasteiger partial charge in [-0.25, -0.2) is 13.8 Å². The number of carbonyl (C=O) groups is 2. The van der Waals surface area contributed by atoms with Crippen molar-refractivity contribution in [2.45, 2.75) is 51.1 Å². The molecule has 2 aliphatic heterocycles. The molecule has 1 saturated carbocycles. The van der Waals surface area contributed by atoms with Crippen LogP contribution < -0.4 is 10.2 Å². The Hall–Kier alpha value is -3.07. The standard InChI is InChI=1S/C29H37F2N5O2/c30-23-9-8-21(25(31)19-23)20-36-12-6-2-1-4-11-33-28(37)24-17-22(18-26(24)36)29(38)35-15-13-34(14-16-35)27-7-3-5-10-32-27/h3,5,7-10,19,22,24,26H,1-2,4,6,11-18,20H2,(H,33,37)/t22-,24-,26+/m1/s1. The normalized spacial score (nSPS) is 25.4. The van der Waals surface area contributed by atoms with E-state index in [2.05, 4.69) is 20.1 Å². The fourth-order valence-electron chi connectivity index (χ4n) is 6.22. The lowest BCUT2D eigenvalue weighted by molar-refractivity contribution is -0.135. The quantitative estimate of drug-likeness (QED) is 0.661. The van der Waals surface area contributed by atoms with E-state index in [9.17, 15) is 18.4 Å². The van der Waals surface area contributed by atoms with Gasteiger partial charge < -0.3 is 15.1 Å². The molecule has 3 atom stereocenters. The number of halogens is 2. The molecular formula is C29H37F2N5O2. The first-order chi connectivity index (χ1) is 18.5. The first-order valence-electron chi connectivity index (χ1n) is 13.9. The molecule has 2 saturated heterocycles. The minimum atomic E-state index is -0.601. The number of hydrogen-bond donors (Lipinski definition) is 1. The van der Waals surface area contributed by atoms with Crippen molar-refractivity contribution in [2.75, 3.05) is 44.2 Å². The molecule has 3 aliphatic rings. The minimum absolute atomic E-state index is 0.0169. The van der Waals surface area contributed by atoms with Gasteiger partial charge in [-0.1, -0.05) is 25.0 Å². The molecule has 3 fully saturated rings. The van der Waals surface area contributed by atoms with E-state index >= 15 is 0 Å². The van der Waals surface area contributed by atoms with Gasteiger partial charge in [0.05, 0.1) is 5.92 Å². The van der Waals surface area contributed by atoms with Gasteiger partial charge in [0.15, 0.2) is 0 Å². The fraction of sp³-hybridized carbons (Fsp3) is 0.552. The molecule has 3 heterocycles. The smallest absolute Gasteiger partial charge is 0.225 e. The van der Waals surface area contributed by atoms with Crippen LogP contribution in [0.15, 0.2) is 42.6 Å². The van der Waals surface area contributed by atoms with Gasteiger partial charge >= 0.3 is 0 Å². The van der Waals surface area contributed by atoms with Crippen LogP contribution in [0.1, 0.15) is 44.1 Å². The maximum atomic E-state index is 14.6. The predicted octanol–water partition coefficient (Wildman–Crippen LogP) is 3.60. The second-order valence-electron chi connectivity index (χ2n) is 10.8. The highest BCUT2D eigenvalue weighted by Crippen LogP contribution is 2.38. The van der Waals surface area contributed by atoms with Crippen LogP contribution in [0.4, 0.5) is 14.6 Å². The average molecular weight is 526 g/mol. The van der Waals surface area contributed by atoms with Crippen LogP contribution in [-0.4, -0.2) is 71.9 Å². The molecule has 1 N–H and O–H groups in total. The first-order valence-corrected chi connectivity index (χ1v) is 13.9. The summed E-state index contributed by atoms with van der Waals surface area (Å²) in [5.74, 6) is -0.751. The molecule has 5 rings (SSSR count). The molecule has 7 nitrogen and oxygen atoms in total. The Morgan fingerprint density at radius 1 is 0.974 bits per heavy atom. The molecule has 0 unspecified atom stereocenters. The molecule has 0 spiro atoms. The Morgan fingerprint density at radius 2 is 1.79 bits per heavy atom. The molecule has 2 amide bonds. The van der Waals surface area contributed by atoms with E-state index in [1.165, 1.54) is 12.1 Å². The summed E-state index contributed by atoms with van der Waals surface area (Å²) in [4.78, 5) is 37.6. The molecule has 1 aromatic heterocycles. The number of carbonyl (C=O) groups excluding carboxylic acids is 2. The topological polar surface area (TPSA) is 68.8 Å². The van der Waals surface area contributed by atoms with Crippen LogP contribution in [0.25, 0.3) is 0 Å². The number of piperazine rings is 1. The van der Waals surface area contributed by atoms with E-state index in [0.717, 1.165) is 57.2 Å². The Bertz CT molecular complexity index is 1110. The number of nitrogens with zero attached hydrogens (tertiary/aromatic N) is 4. The van der Waals surface area contributed by atoms with Crippen molar-refractivity contribution in [2.24, 2.45) is 11.8 Å². The Kier molecular flexibility index (Phi) is 8.51. The van der Waals surface area contributed by atoms with Gasteiger partial charge in [0.25, 0.3) is 0 Å². The number of fused-ring (bicyclic) bond motifs is 1. The summed E-state index contributed by atoms with van der Waals surface area (Å²) in [6, 6.07) is 9.35. The van der Waals surface area contributed by atoms with Crippen LogP contribution >= 0.6 is 0 Å². The molecule has 0 bridgehead atoms. The lowest BCUT2D eigenvalue weighted by atomic mass is 9.99. The van der Waals surface area contributed by atoms with Crippen molar-refractivity contribution in [3.63, 3.8) is 0 Å². The van der Waals surface area contributed by atoms with Crippen molar-refractivity contribution >= 4 is 17.6 Å². The monoisotopic (exact) mass is 525 g/mol. The zero-order valence-electron chi connectivity index (χ0n) is 21.8. The SMILES string of the molecule is O=C1NCCCCCCN(Cc2ccc(F)cc2F)[C@H]2C[C@H](C(=O)N3CCN(c4ccccn4)CC3)C[C@@H]12. The van der Waals surface area contributed by atoms with Crippen molar-refractivity contribution in [3.8, 4) is 0 Å². The van der Waals surface area contributed by atoms with E-state index < -0.39 is 11.6 Å². The number of amides is 2. The second-order valence-corrected chi connectivity index (χ2v) is 10.8. The van der Waals surface area contributed by atoms with Crippen molar-refractivity contribution in [3.05, 3.63) is 59.8 Å². The van der Waals surface area contributed by atoms with Gasteiger partial charge in [0, 0.05) is 69.1 Å². The minimum Gasteiger partial charge on any atom is -0.356 e. The number of nitrogens with one attached hydrogen (secondary N) is 1. The molecule has 38 heavy (non-hydrogen) atoms. The van der Waals surface area contributed by atoms with Gasteiger partial charge in [-0.05, 0) is 50.4 Å². The van der Waals surface area contributed by atoms with Crippen LogP contribution in [0, 0.1) is 23.5 Å². The lowest BCUT2D eigenvalue weighted by Gasteiger charge is -2.36. The van der Waals surface area contributed by atoms with Crippen molar-refractivity contribution in [1.82, 2.24) is 20.1 Å². The maximum absolute atomic E-state index is 14.6. The van der Waals surface area contributed by atoms with E-state index in [4.69, 9.17) is 0 Å². The molecule has 1 aliphatic carbocycles. The molecule has 1 aromatic carbocycles. The molecule has 204 valence electrons. The van der Waals surface area contributed by atoms with E-state index in [1.807, 2.05) is 23.1 Å². The molecule has 0 radical (unpaired) electrons. The Labute approximate surface area is 223 Å². The Morgan fingerprint density at radius 3 is 2.55 bits per heavy atom. The van der Waals surface area contributed by atoms with Crippen LogP contribution in [0.2, 0.25) is 0 Å². The highest BCUT2D eigenvalue weighted by atomic mass is 19.1. The zero-order chi connectivity index (χ0) is 26.5. The summed E-state index contributed by atoms with van der Waals surface area (Å²) in [6.07, 6.45) is 6.77. The highest BCUT2D eigenvalue weighted by Gasteiger charge is 2.45. The van der Waals surface area contributed by atoms with Gasteiger partial charge in [-0.2, -0.15) is 0 Å². The second kappa shape index (κ2) is 12.2. The third-order valence-corrected chi connectivity index (χ3v) is 8.31. The summed E-state index contributed by atoms with van der Waals surface area (Å²) < 4.78 is 28.1. The predicted molar refractivity (Wildman–Crippen MR) is 141 cm³/mol. The molecular weight excluding hydrogens is 488 g/mol. The Balaban J connectivity index is 1.30. The number of hydrogen-bond acceptors (Lipinski definition) is 5. The number of pyridine rings is 1. The largest absolute Gasteiger partial charge is 0.356 e. The van der Waals surface area contributed by atoms with Crippen LogP contribution in [0.5, 0.6) is 0 Å². The average Bonchev–Trinajstić information content (AvgIpc) is 3.37. The van der Waals surface area contributed by atoms with Gasteiger partial charge in [-0.15, -0.1) is 0 Å². The number of rotatable bonds is 4. The molecule has 9 heteroatoms. The third kappa shape index (κ3) is 6.14. The van der Waals surface area contributed by atoms with E-state index in [1.54, 1.807) is 6.20 Å². The fourth-order valence-corrected chi connectivity index (χ4v) is 6.22. The summed E-state index contributed by atoms with van der Waals surface area (Å²) in [5, 5.41) is 3.09. The number of benzene rings is 1. The summed E-state index contributed by atoms with van der Waals surface area (Å²) in [5.41, 5.74) is 0.417. The zero-order valence-corrected chi connectivity index (χ0v) is 21.8. The van der Waals surface area contributed by atoms with Crippen LogP contribution in [0.3, 0.4) is 0 Å². The summed E-state index contributed by atoms with van der Waals surface area (Å²) in [6.45, 7) is 4.34. The molecule has 2 aromatic rings. The lowest BCUT2D eigenvalue weighted by Crippen LogP contribution is -2.50. The van der Waals surface area contributed by atoms with Gasteiger partial charge in [0.2, 0.25) is 11.8 Å². The summed E-state index contributed by atoms with van der Waals surface area (Å²) in [7, 11) is 0. The van der Waals surface area contributed by atoms with Crippen molar-refractivity contribution in [1.29, 1.82) is 0 Å². The van der Waals surface area contributed by atoms with E-state index in [0.29, 0.717) is 44.6 Å². The first kappa shape index (κ1) is 26.5. The number of anilines is 1. The van der Waals surface area contributed by atoms with Crippen LogP contribution in [-0.2, 0) is 16.1 Å². The van der Waals surface area contributed by atoms with Gasteiger partial charge in [0.1, 0.15) is 17.5 Å². The number of aromatic nitrogens is 1. The van der Waals surface area contributed by atoms with E-state index in [-0.39, 0.29) is 29.7 Å². The third-order valence-electron chi connectivity index (χ3n) is 8.31. The highest BCUT2D eigenvalue weighted by molar-refractivity contribution is 5.84. The van der Waals surface area contributed by atoms with Crippen molar-refractivity contribution < 1.29 is 18.4 Å². The maximum Gasteiger partial charge on any atom is 0.225 e.